The lowest BCUT2D eigenvalue weighted by Crippen LogP contribution is -2.05. The van der Waals surface area contributed by atoms with Gasteiger partial charge in [0.1, 0.15) is 17.4 Å². The summed E-state index contributed by atoms with van der Waals surface area (Å²) in [6.07, 6.45) is 0.0854. The van der Waals surface area contributed by atoms with Crippen LogP contribution in [0.4, 0.5) is 8.78 Å². The number of ether oxygens (including phenoxy) is 1. The van der Waals surface area contributed by atoms with Gasteiger partial charge in [0.05, 0.1) is 11.5 Å². The minimum absolute atomic E-state index is 0.0854. The lowest BCUT2D eigenvalue weighted by molar-refractivity contribution is 0.242. The average molecular weight is 297 g/mol. The van der Waals surface area contributed by atoms with Gasteiger partial charge in [-0.15, -0.1) is 11.6 Å². The first-order valence-electron chi connectivity index (χ1n) is 6.33. The molecular weight excluding hydrogens is 282 g/mol. The maximum absolute atomic E-state index is 13.7. The van der Waals surface area contributed by atoms with Gasteiger partial charge in [-0.2, -0.15) is 0 Å². The van der Waals surface area contributed by atoms with Gasteiger partial charge >= 0.3 is 0 Å². The largest absolute Gasteiger partial charge is 0.491 e. The normalized spacial score (nSPS) is 12.5. The van der Waals surface area contributed by atoms with Crippen LogP contribution in [0.5, 0.6) is 5.75 Å². The second-order valence-corrected chi connectivity index (χ2v) is 5.20. The van der Waals surface area contributed by atoms with E-state index in [1.807, 2.05) is 13.8 Å². The van der Waals surface area contributed by atoms with Gasteiger partial charge in [0.25, 0.3) is 0 Å². The van der Waals surface area contributed by atoms with Crippen LogP contribution in [-0.2, 0) is 0 Å². The van der Waals surface area contributed by atoms with E-state index in [1.165, 1.54) is 12.1 Å². The van der Waals surface area contributed by atoms with E-state index in [2.05, 4.69) is 0 Å². The summed E-state index contributed by atoms with van der Waals surface area (Å²) in [7, 11) is 0. The van der Waals surface area contributed by atoms with Crippen molar-refractivity contribution in [3.63, 3.8) is 0 Å². The van der Waals surface area contributed by atoms with Crippen molar-refractivity contribution in [3.8, 4) is 5.75 Å². The molecule has 2 rings (SSSR count). The number of halogens is 3. The van der Waals surface area contributed by atoms with Crippen molar-refractivity contribution in [1.29, 1.82) is 0 Å². The molecule has 0 N–H and O–H groups in total. The second kappa shape index (κ2) is 6.23. The first kappa shape index (κ1) is 14.8. The molecule has 0 aliphatic heterocycles. The number of benzene rings is 2. The van der Waals surface area contributed by atoms with Crippen LogP contribution >= 0.6 is 11.6 Å². The molecule has 0 aliphatic rings. The van der Waals surface area contributed by atoms with Gasteiger partial charge < -0.3 is 4.74 Å². The molecular formula is C16H15ClF2O. The molecule has 0 bridgehead atoms. The molecule has 106 valence electrons. The highest BCUT2D eigenvalue weighted by molar-refractivity contribution is 6.22. The fraction of sp³-hybridized carbons (Fsp3) is 0.250. The molecule has 1 nitrogen and oxygen atoms in total. The Hall–Kier alpha value is -1.61. The van der Waals surface area contributed by atoms with E-state index < -0.39 is 17.0 Å². The monoisotopic (exact) mass is 296 g/mol. The second-order valence-electron chi connectivity index (χ2n) is 4.76. The number of hydrogen-bond acceptors (Lipinski definition) is 1. The van der Waals surface area contributed by atoms with E-state index in [9.17, 15) is 8.78 Å². The summed E-state index contributed by atoms with van der Waals surface area (Å²) >= 11 is 6.24. The zero-order valence-electron chi connectivity index (χ0n) is 11.2. The molecule has 2 aromatic rings. The third kappa shape index (κ3) is 3.48. The molecule has 1 unspecified atom stereocenters. The predicted octanol–water partition coefficient (Wildman–Crippen LogP) is 5.08. The molecule has 0 fully saturated rings. The topological polar surface area (TPSA) is 9.23 Å². The van der Waals surface area contributed by atoms with Crippen LogP contribution in [-0.4, -0.2) is 6.10 Å². The van der Waals surface area contributed by atoms with Crippen molar-refractivity contribution in [2.75, 3.05) is 0 Å². The maximum Gasteiger partial charge on any atom is 0.131 e. The summed E-state index contributed by atoms with van der Waals surface area (Å²) in [6, 6.07) is 10.5. The molecule has 0 amide bonds. The Kier molecular flexibility index (Phi) is 4.61. The number of rotatable bonds is 4. The summed E-state index contributed by atoms with van der Waals surface area (Å²) < 4.78 is 32.1. The Morgan fingerprint density at radius 1 is 1.00 bits per heavy atom. The Bertz CT molecular complexity index is 582. The van der Waals surface area contributed by atoms with Crippen molar-refractivity contribution in [3.05, 3.63) is 65.2 Å². The number of hydrogen-bond donors (Lipinski definition) is 0. The van der Waals surface area contributed by atoms with Crippen molar-refractivity contribution in [2.45, 2.75) is 25.3 Å². The Morgan fingerprint density at radius 3 is 2.20 bits per heavy atom. The molecule has 0 aliphatic carbocycles. The highest BCUT2D eigenvalue weighted by Gasteiger charge is 2.16. The highest BCUT2D eigenvalue weighted by Crippen LogP contribution is 2.31. The van der Waals surface area contributed by atoms with Crippen LogP contribution in [0.15, 0.2) is 42.5 Å². The summed E-state index contributed by atoms with van der Waals surface area (Å²) in [6.45, 7) is 3.87. The molecule has 20 heavy (non-hydrogen) atoms. The predicted molar refractivity (Wildman–Crippen MR) is 76.3 cm³/mol. The zero-order valence-corrected chi connectivity index (χ0v) is 12.0. The number of alkyl halides is 1. The molecule has 0 radical (unpaired) electrons. The fourth-order valence-corrected chi connectivity index (χ4v) is 2.20. The third-order valence-corrected chi connectivity index (χ3v) is 3.27. The molecule has 0 spiro atoms. The van der Waals surface area contributed by atoms with Crippen LogP contribution in [0.1, 0.15) is 30.4 Å². The van der Waals surface area contributed by atoms with Crippen LogP contribution in [0.25, 0.3) is 0 Å². The fourth-order valence-electron chi connectivity index (χ4n) is 1.87. The van der Waals surface area contributed by atoms with Gasteiger partial charge in [-0.1, -0.05) is 18.2 Å². The lowest BCUT2D eigenvalue weighted by Gasteiger charge is -2.13. The summed E-state index contributed by atoms with van der Waals surface area (Å²) in [5.41, 5.74) is 0.985. The maximum atomic E-state index is 13.7. The van der Waals surface area contributed by atoms with Crippen LogP contribution in [0.3, 0.4) is 0 Å². The molecule has 1 atom stereocenters. The van der Waals surface area contributed by atoms with Gasteiger partial charge in [0.15, 0.2) is 0 Å². The van der Waals surface area contributed by atoms with Crippen LogP contribution in [0, 0.1) is 11.6 Å². The Balaban J connectivity index is 2.22. The van der Waals surface area contributed by atoms with Crippen molar-refractivity contribution in [2.24, 2.45) is 0 Å². The SMILES string of the molecule is CC(C)Oc1ccc(C(Cl)c2ccc(F)cc2F)cc1. The van der Waals surface area contributed by atoms with Crippen molar-refractivity contribution in [1.82, 2.24) is 0 Å². The Morgan fingerprint density at radius 2 is 1.65 bits per heavy atom. The zero-order chi connectivity index (χ0) is 14.7. The van der Waals surface area contributed by atoms with E-state index >= 15 is 0 Å². The van der Waals surface area contributed by atoms with Crippen molar-refractivity contribution < 1.29 is 13.5 Å². The molecule has 0 heterocycles. The molecule has 0 aromatic heterocycles. The van der Waals surface area contributed by atoms with Gasteiger partial charge in [0.2, 0.25) is 0 Å². The quantitative estimate of drug-likeness (QED) is 0.715. The summed E-state index contributed by atoms with van der Waals surface area (Å²) in [5.74, 6) is -0.532. The van der Waals surface area contributed by atoms with Gasteiger partial charge in [-0.25, -0.2) is 8.78 Å². The van der Waals surface area contributed by atoms with E-state index in [-0.39, 0.29) is 11.7 Å². The van der Waals surface area contributed by atoms with Gasteiger partial charge in [-0.3, -0.25) is 0 Å². The minimum atomic E-state index is -0.663. The smallest absolute Gasteiger partial charge is 0.131 e. The first-order chi connectivity index (χ1) is 9.47. The van der Waals surface area contributed by atoms with Gasteiger partial charge in [-0.05, 0) is 37.6 Å². The van der Waals surface area contributed by atoms with Gasteiger partial charge in [0, 0.05) is 11.6 Å². The summed E-state index contributed by atoms with van der Waals surface area (Å²) in [4.78, 5) is 0. The van der Waals surface area contributed by atoms with Crippen molar-refractivity contribution >= 4 is 11.6 Å². The van der Waals surface area contributed by atoms with E-state index in [4.69, 9.17) is 16.3 Å². The highest BCUT2D eigenvalue weighted by atomic mass is 35.5. The Labute approximate surface area is 122 Å². The van der Waals surface area contributed by atoms with Crippen LogP contribution < -0.4 is 4.74 Å². The van der Waals surface area contributed by atoms with Crippen LogP contribution in [0.2, 0.25) is 0 Å². The van der Waals surface area contributed by atoms with E-state index in [0.717, 1.165) is 17.4 Å². The van der Waals surface area contributed by atoms with E-state index in [1.54, 1.807) is 24.3 Å². The first-order valence-corrected chi connectivity index (χ1v) is 6.76. The average Bonchev–Trinajstić information content (AvgIpc) is 2.38. The molecule has 0 saturated heterocycles. The lowest BCUT2D eigenvalue weighted by atomic mass is 10.0. The molecule has 2 aromatic carbocycles. The molecule has 0 saturated carbocycles. The van der Waals surface area contributed by atoms with E-state index in [0.29, 0.717) is 0 Å². The third-order valence-electron chi connectivity index (χ3n) is 2.78. The standard InChI is InChI=1S/C16H15ClF2O/c1-10(2)20-13-6-3-11(4-7-13)16(17)14-8-5-12(18)9-15(14)19/h3-10,16H,1-2H3. The molecule has 4 heteroatoms. The summed E-state index contributed by atoms with van der Waals surface area (Å²) in [5, 5.41) is -0.663. The minimum Gasteiger partial charge on any atom is -0.491 e.